The number of fused-ring (bicyclic) bond motifs is 1. The van der Waals surface area contributed by atoms with Crippen LogP contribution in [0.5, 0.6) is 17.2 Å². The molecule has 2 amide bonds. The second-order valence-corrected chi connectivity index (χ2v) is 9.08. The molecule has 39 heavy (non-hydrogen) atoms. The maximum Gasteiger partial charge on any atom is 0.339 e. The summed E-state index contributed by atoms with van der Waals surface area (Å²) in [6.07, 6.45) is -0.312. The predicted molar refractivity (Wildman–Crippen MR) is 141 cm³/mol. The van der Waals surface area contributed by atoms with Crippen molar-refractivity contribution in [3.8, 4) is 17.2 Å². The van der Waals surface area contributed by atoms with Crippen molar-refractivity contribution in [1.82, 2.24) is 0 Å². The average molecular weight is 533 g/mol. The highest BCUT2D eigenvalue weighted by Crippen LogP contribution is 2.50. The first-order chi connectivity index (χ1) is 18.9. The number of benzene rings is 3. The molecule has 202 valence electrons. The van der Waals surface area contributed by atoms with E-state index >= 15 is 0 Å². The molecule has 0 aromatic heterocycles. The van der Waals surface area contributed by atoms with E-state index in [4.69, 9.17) is 19.0 Å². The van der Waals surface area contributed by atoms with Crippen LogP contribution < -0.4 is 24.2 Å². The summed E-state index contributed by atoms with van der Waals surface area (Å²) in [5, 5.41) is 11.7. The molecule has 10 nitrogen and oxygen atoms in total. The van der Waals surface area contributed by atoms with Gasteiger partial charge in [-0.3, -0.25) is 14.4 Å². The lowest BCUT2D eigenvalue weighted by atomic mass is 9.87. The number of nitrogens with zero attached hydrogens (tertiary/aromatic N) is 2. The first-order valence-electron chi connectivity index (χ1n) is 12.5. The van der Waals surface area contributed by atoms with Crippen LogP contribution in [0.2, 0.25) is 0 Å². The van der Waals surface area contributed by atoms with Crippen LogP contribution >= 0.6 is 0 Å². The Bertz CT molecular complexity index is 1390. The Balaban J connectivity index is 1.61. The number of amides is 2. The quantitative estimate of drug-likeness (QED) is 0.404. The van der Waals surface area contributed by atoms with Gasteiger partial charge in [-0.2, -0.15) is 0 Å². The van der Waals surface area contributed by atoms with Gasteiger partial charge in [0.05, 0.1) is 38.2 Å². The zero-order valence-electron chi connectivity index (χ0n) is 21.7. The molecule has 0 radical (unpaired) electrons. The number of anilines is 2. The number of ether oxygens (including phenoxy) is 3. The molecule has 0 unspecified atom stereocenters. The molecule has 3 atom stereocenters. The molecule has 2 saturated heterocycles. The minimum absolute atomic E-state index is 0.00950. The summed E-state index contributed by atoms with van der Waals surface area (Å²) in [5.74, 6) is -2.47. The van der Waals surface area contributed by atoms with E-state index in [1.807, 2.05) is 13.0 Å². The molecule has 0 aliphatic carbocycles. The molecule has 10 heteroatoms. The smallest absolute Gasteiger partial charge is 0.339 e. The van der Waals surface area contributed by atoms with E-state index in [-0.39, 0.29) is 22.6 Å². The maximum absolute atomic E-state index is 13.9. The second kappa shape index (κ2) is 10.7. The number of hydrogen-bond acceptors (Lipinski definition) is 8. The van der Waals surface area contributed by atoms with E-state index in [1.165, 1.54) is 19.3 Å². The second-order valence-electron chi connectivity index (χ2n) is 9.08. The van der Waals surface area contributed by atoms with E-state index in [1.54, 1.807) is 60.7 Å². The molecule has 3 aromatic carbocycles. The summed E-state index contributed by atoms with van der Waals surface area (Å²) >= 11 is 0. The highest BCUT2D eigenvalue weighted by molar-refractivity contribution is 6.24. The maximum atomic E-state index is 13.9. The lowest BCUT2D eigenvalue weighted by molar-refractivity contribution is -0.126. The number of hydroxylamine groups is 1. The van der Waals surface area contributed by atoms with Crippen LogP contribution in [0.3, 0.4) is 0 Å². The largest absolute Gasteiger partial charge is 0.494 e. The number of methoxy groups -OCH3 is 2. The molecule has 2 aliphatic rings. The summed E-state index contributed by atoms with van der Waals surface area (Å²) in [4.78, 5) is 47.3. The third kappa shape index (κ3) is 4.42. The van der Waals surface area contributed by atoms with Gasteiger partial charge < -0.3 is 19.3 Å². The zero-order valence-corrected chi connectivity index (χ0v) is 21.7. The lowest BCUT2D eigenvalue weighted by Crippen LogP contribution is -2.37. The molecule has 2 heterocycles. The van der Waals surface area contributed by atoms with Gasteiger partial charge in [-0.25, -0.2) is 14.8 Å². The van der Waals surface area contributed by atoms with Crippen LogP contribution in [0.4, 0.5) is 11.4 Å². The van der Waals surface area contributed by atoms with Gasteiger partial charge >= 0.3 is 5.97 Å². The fourth-order valence-corrected chi connectivity index (χ4v) is 5.10. The van der Waals surface area contributed by atoms with Crippen LogP contribution in [0.15, 0.2) is 66.7 Å². The number of rotatable bonds is 9. The van der Waals surface area contributed by atoms with Crippen LogP contribution in [-0.2, 0) is 14.4 Å². The topological polar surface area (TPSA) is 115 Å². The average Bonchev–Trinajstić information content (AvgIpc) is 3.47. The van der Waals surface area contributed by atoms with Crippen LogP contribution in [0.25, 0.3) is 0 Å². The number of carboxylic acids is 1. The molecule has 5 rings (SSSR count). The summed E-state index contributed by atoms with van der Waals surface area (Å²) in [6.45, 7) is 2.55. The Morgan fingerprint density at radius 1 is 0.923 bits per heavy atom. The minimum Gasteiger partial charge on any atom is -0.494 e. The van der Waals surface area contributed by atoms with Crippen molar-refractivity contribution in [2.24, 2.45) is 5.92 Å². The summed E-state index contributed by atoms with van der Waals surface area (Å²) in [7, 11) is 2.75. The van der Waals surface area contributed by atoms with Gasteiger partial charge in [0.25, 0.3) is 5.91 Å². The number of imide groups is 1. The molecule has 3 aromatic rings. The first-order valence-corrected chi connectivity index (χ1v) is 12.5. The van der Waals surface area contributed by atoms with Crippen molar-refractivity contribution in [1.29, 1.82) is 0 Å². The van der Waals surface area contributed by atoms with Crippen LogP contribution in [0, 0.1) is 5.92 Å². The first kappa shape index (κ1) is 26.1. The van der Waals surface area contributed by atoms with Gasteiger partial charge in [0.2, 0.25) is 5.91 Å². The van der Waals surface area contributed by atoms with Gasteiger partial charge in [0.15, 0.2) is 17.6 Å². The van der Waals surface area contributed by atoms with E-state index < -0.39 is 35.8 Å². The summed E-state index contributed by atoms with van der Waals surface area (Å²) in [5.41, 5.74) is 1.02. The SMILES string of the molecule is CCCOc1ccc(N2C(=O)[C@H]3[C@@H](c4ccc(OC)c(OC)c4C(=O)O)N(c4ccccc4)O[C@H]3C2=O)cc1. The molecule has 0 bridgehead atoms. The minimum atomic E-state index is -1.27. The Kier molecular flexibility index (Phi) is 7.12. The third-order valence-electron chi connectivity index (χ3n) is 6.80. The van der Waals surface area contributed by atoms with Crippen molar-refractivity contribution in [3.63, 3.8) is 0 Å². The van der Waals surface area contributed by atoms with Crippen LogP contribution in [-0.4, -0.2) is 49.8 Å². The van der Waals surface area contributed by atoms with Crippen molar-refractivity contribution in [3.05, 3.63) is 77.9 Å². The fourth-order valence-electron chi connectivity index (χ4n) is 5.10. The van der Waals surface area contributed by atoms with Gasteiger partial charge in [-0.1, -0.05) is 31.2 Å². The number of carbonyl (C=O) groups is 3. The summed E-state index contributed by atoms with van der Waals surface area (Å²) < 4.78 is 16.4. The standard InChI is InChI=1S/C29H28N2O8/c1-4-16-38-19-12-10-17(11-13-19)30-27(32)23-24(20-14-15-21(36-2)25(37-3)22(20)29(34)35)31(39-26(23)28(30)33)18-8-6-5-7-9-18/h5-15,23-24,26H,4,16H2,1-3H3,(H,34,35)/t23-,24+,26+/m0/s1. The van der Waals surface area contributed by atoms with E-state index in [9.17, 15) is 19.5 Å². The van der Waals surface area contributed by atoms with Gasteiger partial charge in [-0.05, 0) is 54.4 Å². The Morgan fingerprint density at radius 2 is 1.64 bits per heavy atom. The predicted octanol–water partition coefficient (Wildman–Crippen LogP) is 4.24. The number of hydrogen-bond donors (Lipinski definition) is 1. The highest BCUT2D eigenvalue weighted by Gasteiger charge is 2.61. The van der Waals surface area contributed by atoms with E-state index in [0.29, 0.717) is 23.7 Å². The van der Waals surface area contributed by atoms with Gasteiger partial charge in [0, 0.05) is 0 Å². The number of aromatic carboxylic acids is 1. The molecule has 0 spiro atoms. The molecule has 0 saturated carbocycles. The fraction of sp³-hybridized carbons (Fsp3) is 0.276. The lowest BCUT2D eigenvalue weighted by Gasteiger charge is -2.30. The van der Waals surface area contributed by atoms with E-state index in [0.717, 1.165) is 11.3 Å². The third-order valence-corrected chi connectivity index (χ3v) is 6.80. The van der Waals surface area contributed by atoms with Crippen molar-refractivity contribution in [2.45, 2.75) is 25.5 Å². The zero-order chi connectivity index (χ0) is 27.7. The van der Waals surface area contributed by atoms with Crippen molar-refractivity contribution in [2.75, 3.05) is 30.8 Å². The Hall–Kier alpha value is -4.57. The van der Waals surface area contributed by atoms with Crippen LogP contribution in [0.1, 0.15) is 35.3 Å². The molecular weight excluding hydrogens is 504 g/mol. The number of carbonyl (C=O) groups excluding carboxylic acids is 2. The highest BCUT2D eigenvalue weighted by atomic mass is 16.7. The van der Waals surface area contributed by atoms with Gasteiger partial charge in [0.1, 0.15) is 17.2 Å². The molecule has 2 fully saturated rings. The number of carboxylic acid groups (broad SMARTS) is 1. The molecule has 2 aliphatic heterocycles. The Morgan fingerprint density at radius 3 is 2.26 bits per heavy atom. The van der Waals surface area contributed by atoms with Crippen molar-refractivity contribution >= 4 is 29.2 Å². The molecular formula is C29H28N2O8. The van der Waals surface area contributed by atoms with Gasteiger partial charge in [-0.15, -0.1) is 0 Å². The normalized spacial score (nSPS) is 20.2. The molecule has 1 N–H and O–H groups in total. The number of para-hydroxylation sites is 1. The summed E-state index contributed by atoms with van der Waals surface area (Å²) in [6, 6.07) is 17.8. The Labute approximate surface area is 225 Å². The monoisotopic (exact) mass is 532 g/mol. The van der Waals surface area contributed by atoms with Crippen molar-refractivity contribution < 1.29 is 38.5 Å². The van der Waals surface area contributed by atoms with E-state index in [2.05, 4.69) is 0 Å².